The molecule has 3 rings (SSSR count). The average molecular weight is 496 g/mol. The third kappa shape index (κ3) is 4.53. The second-order valence-corrected chi connectivity index (χ2v) is 7.95. The molecule has 0 saturated carbocycles. The molecule has 1 heterocycles. The number of methoxy groups -OCH3 is 1. The van der Waals surface area contributed by atoms with Gasteiger partial charge in [0.2, 0.25) is 0 Å². The minimum atomic E-state index is -5.38. The molecule has 3 aromatic rings. The number of ether oxygens (including phenoxy) is 1. The van der Waals surface area contributed by atoms with Crippen molar-refractivity contribution in [3.63, 3.8) is 0 Å². The van der Waals surface area contributed by atoms with Crippen LogP contribution in [0, 0.1) is 5.82 Å². The molecule has 0 bridgehead atoms. The van der Waals surface area contributed by atoms with E-state index in [0.717, 1.165) is 31.4 Å². The first kappa shape index (κ1) is 23.0. The normalized spacial score (nSPS) is 13.5. The SMILES string of the molecule is COC(=O)[C@](NC(=O)c1ccc(Cl)cc1Cl)(Nc1nc2ccc(F)cc2s1)C(F)(F)F. The Balaban J connectivity index is 2.07. The van der Waals surface area contributed by atoms with Crippen molar-refractivity contribution in [2.75, 3.05) is 12.4 Å². The van der Waals surface area contributed by atoms with Gasteiger partial charge in [0.1, 0.15) is 5.82 Å². The predicted octanol–water partition coefficient (Wildman–Crippen LogP) is 5.02. The van der Waals surface area contributed by atoms with Crippen LogP contribution in [-0.2, 0) is 9.53 Å². The van der Waals surface area contributed by atoms with Gasteiger partial charge in [0.05, 0.1) is 27.9 Å². The molecule has 1 atom stereocenters. The number of amides is 1. The number of nitrogens with zero attached hydrogens (tertiary/aromatic N) is 1. The highest BCUT2D eigenvalue weighted by molar-refractivity contribution is 7.22. The van der Waals surface area contributed by atoms with Crippen molar-refractivity contribution in [3.8, 4) is 0 Å². The van der Waals surface area contributed by atoms with Gasteiger partial charge in [0.15, 0.2) is 5.13 Å². The van der Waals surface area contributed by atoms with E-state index in [0.29, 0.717) is 11.3 Å². The highest BCUT2D eigenvalue weighted by Gasteiger charge is 2.64. The molecular weight excluding hydrogens is 485 g/mol. The van der Waals surface area contributed by atoms with Gasteiger partial charge in [-0.1, -0.05) is 34.5 Å². The van der Waals surface area contributed by atoms with Crippen molar-refractivity contribution < 1.29 is 31.9 Å². The Labute approximate surface area is 186 Å². The second kappa shape index (κ2) is 8.48. The number of anilines is 1. The van der Waals surface area contributed by atoms with Crippen molar-refractivity contribution in [2.45, 2.75) is 11.8 Å². The molecule has 1 amide bonds. The van der Waals surface area contributed by atoms with Crippen LogP contribution in [-0.4, -0.2) is 35.8 Å². The molecule has 0 spiro atoms. The first-order valence-electron chi connectivity index (χ1n) is 8.24. The minimum Gasteiger partial charge on any atom is -0.466 e. The monoisotopic (exact) mass is 495 g/mol. The van der Waals surface area contributed by atoms with Crippen LogP contribution in [0.2, 0.25) is 10.0 Å². The lowest BCUT2D eigenvalue weighted by Crippen LogP contribution is -2.69. The maximum atomic E-state index is 14.1. The number of hydrogen-bond donors (Lipinski definition) is 2. The summed E-state index contributed by atoms with van der Waals surface area (Å²) in [6, 6.07) is 6.89. The van der Waals surface area contributed by atoms with E-state index in [1.807, 2.05) is 5.32 Å². The van der Waals surface area contributed by atoms with Crippen LogP contribution in [0.3, 0.4) is 0 Å². The first-order chi connectivity index (χ1) is 14.5. The van der Waals surface area contributed by atoms with E-state index in [1.165, 1.54) is 12.1 Å². The van der Waals surface area contributed by atoms with Gasteiger partial charge in [0, 0.05) is 5.02 Å². The summed E-state index contributed by atoms with van der Waals surface area (Å²) in [5, 5.41) is 3.03. The Hall–Kier alpha value is -2.63. The van der Waals surface area contributed by atoms with Crippen LogP contribution in [0.5, 0.6) is 0 Å². The first-order valence-corrected chi connectivity index (χ1v) is 9.81. The van der Waals surface area contributed by atoms with Gasteiger partial charge in [-0.25, -0.2) is 14.2 Å². The Morgan fingerprint density at radius 1 is 1.13 bits per heavy atom. The zero-order valence-corrected chi connectivity index (χ0v) is 17.6. The number of carbonyl (C=O) groups is 2. The lowest BCUT2D eigenvalue weighted by atomic mass is 10.1. The van der Waals surface area contributed by atoms with Gasteiger partial charge in [-0.05, 0) is 36.4 Å². The van der Waals surface area contributed by atoms with Crippen LogP contribution in [0.15, 0.2) is 36.4 Å². The van der Waals surface area contributed by atoms with Gasteiger partial charge < -0.3 is 15.4 Å². The summed E-state index contributed by atoms with van der Waals surface area (Å²) in [5.74, 6) is -3.81. The summed E-state index contributed by atoms with van der Waals surface area (Å²) in [7, 11) is 0.722. The molecule has 31 heavy (non-hydrogen) atoms. The number of carbonyl (C=O) groups excluding carboxylic acids is 2. The predicted molar refractivity (Wildman–Crippen MR) is 108 cm³/mol. The molecule has 6 nitrogen and oxygen atoms in total. The number of benzene rings is 2. The fourth-order valence-electron chi connectivity index (χ4n) is 2.57. The molecule has 2 aromatic carbocycles. The molecule has 0 saturated heterocycles. The van der Waals surface area contributed by atoms with E-state index < -0.39 is 34.7 Å². The molecule has 0 unspecified atom stereocenters. The Kier molecular flexibility index (Phi) is 6.30. The third-order valence-electron chi connectivity index (χ3n) is 4.04. The van der Waals surface area contributed by atoms with Gasteiger partial charge >= 0.3 is 17.8 Å². The fraction of sp³-hybridized carbons (Fsp3) is 0.167. The van der Waals surface area contributed by atoms with Crippen molar-refractivity contribution in [1.29, 1.82) is 0 Å². The smallest absolute Gasteiger partial charge is 0.442 e. The topological polar surface area (TPSA) is 80.3 Å². The average Bonchev–Trinajstić information content (AvgIpc) is 3.06. The van der Waals surface area contributed by atoms with E-state index in [4.69, 9.17) is 23.2 Å². The van der Waals surface area contributed by atoms with E-state index in [-0.39, 0.29) is 25.8 Å². The summed E-state index contributed by atoms with van der Waals surface area (Å²) < 4.78 is 60.4. The number of thiazole rings is 1. The van der Waals surface area contributed by atoms with Crippen LogP contribution in [0.1, 0.15) is 10.4 Å². The highest BCUT2D eigenvalue weighted by Crippen LogP contribution is 2.36. The maximum Gasteiger partial charge on any atom is 0.442 e. The molecule has 0 aliphatic carbocycles. The summed E-state index contributed by atoms with van der Waals surface area (Å²) in [5.41, 5.74) is -3.90. The van der Waals surface area contributed by atoms with Crippen LogP contribution in [0.4, 0.5) is 22.7 Å². The van der Waals surface area contributed by atoms with Crippen molar-refractivity contribution in [1.82, 2.24) is 10.3 Å². The van der Waals surface area contributed by atoms with Gasteiger partial charge in [-0.15, -0.1) is 0 Å². The maximum absolute atomic E-state index is 14.1. The number of rotatable bonds is 5. The summed E-state index contributed by atoms with van der Waals surface area (Å²) in [4.78, 5) is 28.8. The second-order valence-electron chi connectivity index (χ2n) is 6.07. The fourth-order valence-corrected chi connectivity index (χ4v) is 4.01. The number of hydrogen-bond acceptors (Lipinski definition) is 6. The van der Waals surface area contributed by atoms with Crippen LogP contribution >= 0.6 is 34.5 Å². The molecule has 0 fully saturated rings. The number of esters is 1. The van der Waals surface area contributed by atoms with Gasteiger partial charge in [0.25, 0.3) is 5.91 Å². The van der Waals surface area contributed by atoms with Crippen molar-refractivity contribution >= 4 is 61.8 Å². The zero-order chi connectivity index (χ0) is 23.0. The lowest BCUT2D eigenvalue weighted by Gasteiger charge is -2.34. The van der Waals surface area contributed by atoms with Crippen LogP contribution < -0.4 is 10.6 Å². The zero-order valence-electron chi connectivity index (χ0n) is 15.3. The molecule has 0 aliphatic rings. The summed E-state index contributed by atoms with van der Waals surface area (Å²) in [6.45, 7) is 0. The molecule has 1 aromatic heterocycles. The summed E-state index contributed by atoms with van der Waals surface area (Å²) >= 11 is 12.3. The number of aromatic nitrogens is 1. The Morgan fingerprint density at radius 3 is 2.45 bits per heavy atom. The Morgan fingerprint density at radius 2 is 1.84 bits per heavy atom. The molecule has 2 N–H and O–H groups in total. The molecule has 164 valence electrons. The van der Waals surface area contributed by atoms with E-state index in [2.05, 4.69) is 9.72 Å². The standard InChI is InChI=1S/C18H11Cl2F4N3O3S/c1-30-15(29)17(18(22,23)24,26-14(28)10-4-2-8(19)6-11(10)20)27-16-25-12-5-3-9(21)7-13(12)31-16/h2-7H,1H3,(H,25,27)(H,26,28)/t17-/m0/s1. The number of halogens is 6. The number of fused-ring (bicyclic) bond motifs is 1. The third-order valence-corrected chi connectivity index (χ3v) is 5.52. The molecular formula is C18H11Cl2F4N3O3S. The number of nitrogens with one attached hydrogen (secondary N) is 2. The largest absolute Gasteiger partial charge is 0.466 e. The summed E-state index contributed by atoms with van der Waals surface area (Å²) in [6.07, 6.45) is -5.38. The quantitative estimate of drug-likeness (QED) is 0.295. The van der Waals surface area contributed by atoms with Crippen molar-refractivity contribution in [3.05, 3.63) is 57.8 Å². The molecule has 13 heteroatoms. The lowest BCUT2D eigenvalue weighted by molar-refractivity contribution is -0.203. The van der Waals surface area contributed by atoms with Gasteiger partial charge in [-0.2, -0.15) is 13.2 Å². The van der Waals surface area contributed by atoms with E-state index in [1.54, 1.807) is 5.32 Å². The highest BCUT2D eigenvalue weighted by atomic mass is 35.5. The van der Waals surface area contributed by atoms with Gasteiger partial charge in [-0.3, -0.25) is 4.79 Å². The van der Waals surface area contributed by atoms with E-state index >= 15 is 0 Å². The molecule has 0 aliphatic heterocycles. The molecule has 0 radical (unpaired) electrons. The Bertz CT molecular complexity index is 1170. The number of alkyl halides is 3. The minimum absolute atomic E-state index is 0.149. The van der Waals surface area contributed by atoms with Crippen LogP contribution in [0.25, 0.3) is 10.2 Å². The van der Waals surface area contributed by atoms with Crippen molar-refractivity contribution in [2.24, 2.45) is 0 Å². The van der Waals surface area contributed by atoms with E-state index in [9.17, 15) is 27.2 Å².